The highest BCUT2D eigenvalue weighted by molar-refractivity contribution is 6.34. The molecule has 2 N–H and O–H groups in total. The minimum absolute atomic E-state index is 0.182. The maximum absolute atomic E-state index is 13.1. The molecule has 4 rings (SSSR count). The Kier molecular flexibility index (Phi) is 7.53. The van der Waals surface area contributed by atoms with Crippen molar-refractivity contribution in [2.24, 2.45) is 11.3 Å². The van der Waals surface area contributed by atoms with Crippen molar-refractivity contribution in [1.29, 1.82) is 0 Å². The van der Waals surface area contributed by atoms with Crippen molar-refractivity contribution in [2.45, 2.75) is 38.2 Å². The van der Waals surface area contributed by atoms with Crippen LogP contribution in [0.2, 0.25) is 5.02 Å². The third kappa shape index (κ3) is 5.18. The quantitative estimate of drug-likeness (QED) is 0.556. The zero-order valence-corrected chi connectivity index (χ0v) is 22.3. The van der Waals surface area contributed by atoms with Crippen LogP contribution in [0.15, 0.2) is 42.5 Å². The maximum atomic E-state index is 13.1. The van der Waals surface area contributed by atoms with Crippen LogP contribution in [0.1, 0.15) is 48.5 Å². The van der Waals surface area contributed by atoms with Crippen molar-refractivity contribution in [3.8, 4) is 5.75 Å². The van der Waals surface area contributed by atoms with Crippen molar-refractivity contribution in [3.05, 3.63) is 58.6 Å². The molecule has 0 bridgehead atoms. The number of carbonyl (C=O) groups is 2. The molecule has 8 heteroatoms. The van der Waals surface area contributed by atoms with E-state index in [9.17, 15) is 14.7 Å². The third-order valence-corrected chi connectivity index (χ3v) is 8.43. The highest BCUT2D eigenvalue weighted by Gasteiger charge is 2.54. The fourth-order valence-corrected chi connectivity index (χ4v) is 5.81. The summed E-state index contributed by atoms with van der Waals surface area (Å²) in [5, 5.41) is 14.1. The topological polar surface area (TPSA) is 82.1 Å². The largest absolute Gasteiger partial charge is 0.497 e. The molecular formula is C28H36ClN3O4. The fourth-order valence-electron chi connectivity index (χ4n) is 5.55. The number of hydrogen-bond donors (Lipinski definition) is 2. The Bertz CT molecular complexity index is 1130. The summed E-state index contributed by atoms with van der Waals surface area (Å²) in [6, 6.07) is 12.7. The standard InChI is InChI=1S/C28H36ClN3O4/c1-27(35,19-6-5-7-22(16-19)36-4)26(34)31(3)13-10-20-18-28(20)11-14-32(15-12-28)21-8-9-23(24(29)17-21)25(33)30-2/h5-9,16-17,20,35H,10-15,18H2,1-4H3,(H,30,33)/t20?,27-/m1/s1. The second-order valence-corrected chi connectivity index (χ2v) is 10.7. The Morgan fingerprint density at radius 1 is 1.25 bits per heavy atom. The molecule has 194 valence electrons. The van der Waals surface area contributed by atoms with Gasteiger partial charge < -0.3 is 25.0 Å². The van der Waals surface area contributed by atoms with Gasteiger partial charge in [-0.3, -0.25) is 9.59 Å². The summed E-state index contributed by atoms with van der Waals surface area (Å²) in [5.41, 5.74) is 0.802. The van der Waals surface area contributed by atoms with Gasteiger partial charge in [0.25, 0.3) is 11.8 Å². The molecule has 2 aromatic rings. The lowest BCUT2D eigenvalue weighted by Gasteiger charge is -2.35. The van der Waals surface area contributed by atoms with Crippen LogP contribution in [0, 0.1) is 11.3 Å². The molecule has 2 aromatic carbocycles. The molecule has 0 radical (unpaired) electrons. The number of rotatable bonds is 8. The number of nitrogens with one attached hydrogen (secondary N) is 1. The van der Waals surface area contributed by atoms with E-state index < -0.39 is 5.60 Å². The van der Waals surface area contributed by atoms with Gasteiger partial charge in [0.1, 0.15) is 5.75 Å². The van der Waals surface area contributed by atoms with Gasteiger partial charge in [-0.15, -0.1) is 0 Å². The number of anilines is 1. The number of aliphatic hydroxyl groups is 1. The molecule has 7 nitrogen and oxygen atoms in total. The molecule has 2 atom stereocenters. The van der Waals surface area contributed by atoms with Gasteiger partial charge in [-0.1, -0.05) is 23.7 Å². The van der Waals surface area contributed by atoms with Crippen LogP contribution in [0.5, 0.6) is 5.75 Å². The van der Waals surface area contributed by atoms with Gasteiger partial charge in [0, 0.05) is 39.4 Å². The number of amides is 2. The first-order valence-electron chi connectivity index (χ1n) is 12.5. The van der Waals surface area contributed by atoms with E-state index in [0.717, 1.165) is 38.0 Å². The number of hydrogen-bond acceptors (Lipinski definition) is 5. The van der Waals surface area contributed by atoms with E-state index >= 15 is 0 Å². The fraction of sp³-hybridized carbons (Fsp3) is 0.500. The average Bonchev–Trinajstić information content (AvgIpc) is 3.57. The summed E-state index contributed by atoms with van der Waals surface area (Å²) in [5.74, 6) is 0.714. The molecule has 1 saturated carbocycles. The molecule has 1 unspecified atom stereocenters. The lowest BCUT2D eigenvalue weighted by Crippen LogP contribution is -2.43. The molecule has 2 amide bonds. The molecule has 1 aliphatic carbocycles. The molecule has 1 spiro atoms. The van der Waals surface area contributed by atoms with E-state index in [0.29, 0.717) is 39.8 Å². The number of benzene rings is 2. The summed E-state index contributed by atoms with van der Waals surface area (Å²) >= 11 is 6.35. The Morgan fingerprint density at radius 3 is 2.61 bits per heavy atom. The van der Waals surface area contributed by atoms with Crippen molar-refractivity contribution < 1.29 is 19.4 Å². The molecular weight excluding hydrogens is 478 g/mol. The SMILES string of the molecule is CNC(=O)c1ccc(N2CCC3(CC2)CC3CCN(C)C(=O)[C@](C)(O)c2cccc(OC)c2)cc1Cl. The molecule has 2 aliphatic rings. The second kappa shape index (κ2) is 10.3. The highest BCUT2D eigenvalue weighted by atomic mass is 35.5. The summed E-state index contributed by atoms with van der Waals surface area (Å²) in [4.78, 5) is 29.0. The zero-order valence-electron chi connectivity index (χ0n) is 21.5. The number of halogens is 1. The van der Waals surface area contributed by atoms with E-state index in [1.54, 1.807) is 63.4 Å². The monoisotopic (exact) mass is 513 g/mol. The summed E-state index contributed by atoms with van der Waals surface area (Å²) in [6.07, 6.45) is 4.33. The van der Waals surface area contributed by atoms with Crippen molar-refractivity contribution in [1.82, 2.24) is 10.2 Å². The first-order valence-corrected chi connectivity index (χ1v) is 12.9. The van der Waals surface area contributed by atoms with Gasteiger partial charge in [-0.2, -0.15) is 0 Å². The van der Waals surface area contributed by atoms with Crippen LogP contribution in [-0.2, 0) is 10.4 Å². The average molecular weight is 514 g/mol. The van der Waals surface area contributed by atoms with E-state index in [4.69, 9.17) is 16.3 Å². The van der Waals surface area contributed by atoms with Crippen LogP contribution in [0.25, 0.3) is 0 Å². The number of nitrogens with zero attached hydrogens (tertiary/aromatic N) is 2. The predicted octanol–water partition coefficient (Wildman–Crippen LogP) is 4.07. The molecule has 36 heavy (non-hydrogen) atoms. The summed E-state index contributed by atoms with van der Waals surface area (Å²) in [7, 11) is 4.93. The minimum atomic E-state index is -1.61. The van der Waals surface area contributed by atoms with Crippen LogP contribution in [0.4, 0.5) is 5.69 Å². The van der Waals surface area contributed by atoms with Gasteiger partial charge in [0.15, 0.2) is 5.60 Å². The van der Waals surface area contributed by atoms with Crippen LogP contribution >= 0.6 is 11.6 Å². The van der Waals surface area contributed by atoms with Gasteiger partial charge in [0.2, 0.25) is 0 Å². The van der Waals surface area contributed by atoms with Gasteiger partial charge in [-0.05, 0) is 79.8 Å². The van der Waals surface area contributed by atoms with Crippen LogP contribution < -0.4 is 15.0 Å². The Balaban J connectivity index is 1.29. The smallest absolute Gasteiger partial charge is 0.258 e. The van der Waals surface area contributed by atoms with Crippen molar-refractivity contribution in [2.75, 3.05) is 45.7 Å². The number of likely N-dealkylation sites (N-methyl/N-ethyl adjacent to an activating group) is 1. The third-order valence-electron chi connectivity index (χ3n) is 8.12. The molecule has 1 heterocycles. The normalized spacial score (nSPS) is 19.9. The first-order chi connectivity index (χ1) is 17.1. The van der Waals surface area contributed by atoms with Crippen LogP contribution in [0.3, 0.4) is 0 Å². The predicted molar refractivity (Wildman–Crippen MR) is 142 cm³/mol. The lowest BCUT2D eigenvalue weighted by molar-refractivity contribution is -0.149. The Labute approximate surface area is 218 Å². The van der Waals surface area contributed by atoms with Crippen LogP contribution in [-0.4, -0.2) is 62.7 Å². The van der Waals surface area contributed by atoms with Crippen molar-refractivity contribution >= 4 is 29.1 Å². The Morgan fingerprint density at radius 2 is 1.97 bits per heavy atom. The van der Waals surface area contributed by atoms with Crippen molar-refractivity contribution in [3.63, 3.8) is 0 Å². The molecule has 1 saturated heterocycles. The van der Waals surface area contributed by atoms with E-state index in [2.05, 4.69) is 10.2 Å². The number of piperidine rings is 1. The van der Waals surface area contributed by atoms with E-state index in [-0.39, 0.29) is 11.8 Å². The van der Waals surface area contributed by atoms with E-state index in [1.165, 1.54) is 6.42 Å². The lowest BCUT2D eigenvalue weighted by atomic mass is 9.89. The first kappa shape index (κ1) is 26.3. The Hall–Kier alpha value is -2.77. The summed E-state index contributed by atoms with van der Waals surface area (Å²) < 4.78 is 5.24. The molecule has 1 aliphatic heterocycles. The van der Waals surface area contributed by atoms with Gasteiger partial charge in [-0.25, -0.2) is 0 Å². The van der Waals surface area contributed by atoms with Gasteiger partial charge >= 0.3 is 0 Å². The number of ether oxygens (including phenoxy) is 1. The molecule has 0 aromatic heterocycles. The minimum Gasteiger partial charge on any atom is -0.497 e. The molecule has 2 fully saturated rings. The van der Waals surface area contributed by atoms with Gasteiger partial charge in [0.05, 0.1) is 17.7 Å². The highest BCUT2D eigenvalue weighted by Crippen LogP contribution is 2.61. The number of methoxy groups -OCH3 is 1. The zero-order chi connectivity index (χ0) is 26.1. The maximum Gasteiger partial charge on any atom is 0.258 e. The number of carbonyl (C=O) groups excluding carboxylic acids is 2. The van der Waals surface area contributed by atoms with E-state index in [1.807, 2.05) is 12.1 Å². The summed E-state index contributed by atoms with van der Waals surface area (Å²) in [6.45, 7) is 4.06. The second-order valence-electron chi connectivity index (χ2n) is 10.3.